The van der Waals surface area contributed by atoms with Crippen molar-refractivity contribution in [2.75, 3.05) is 11.5 Å². The lowest BCUT2D eigenvalue weighted by atomic mass is 9.92. The summed E-state index contributed by atoms with van der Waals surface area (Å²) in [5.74, 6) is -1.56. The minimum Gasteiger partial charge on any atom is -0.507 e. The second-order valence-electron chi connectivity index (χ2n) is 7.70. The van der Waals surface area contributed by atoms with E-state index in [0.29, 0.717) is 28.6 Å². The predicted octanol–water partition coefficient (Wildman–Crippen LogP) is 6.98. The fourth-order valence-corrected chi connectivity index (χ4v) is 4.51. The summed E-state index contributed by atoms with van der Waals surface area (Å²) in [6, 6.07) is 15.9. The van der Waals surface area contributed by atoms with E-state index in [-0.39, 0.29) is 26.9 Å². The van der Waals surface area contributed by atoms with E-state index in [9.17, 15) is 14.7 Å². The van der Waals surface area contributed by atoms with E-state index in [4.69, 9.17) is 39.5 Å². The van der Waals surface area contributed by atoms with Crippen LogP contribution in [0.3, 0.4) is 0 Å². The third-order valence-corrected chi connectivity index (χ3v) is 6.68. The van der Waals surface area contributed by atoms with Gasteiger partial charge in [0.05, 0.1) is 33.3 Å². The Morgan fingerprint density at radius 2 is 1.68 bits per heavy atom. The molecule has 1 fully saturated rings. The smallest absolute Gasteiger partial charge is 0.300 e. The van der Waals surface area contributed by atoms with Gasteiger partial charge < -0.3 is 9.84 Å². The number of hydrogen-bond donors (Lipinski definition) is 1. The van der Waals surface area contributed by atoms with Crippen LogP contribution in [-0.2, 0) is 9.59 Å². The highest BCUT2D eigenvalue weighted by molar-refractivity contribution is 6.52. The van der Waals surface area contributed by atoms with Gasteiger partial charge in [-0.2, -0.15) is 0 Å². The van der Waals surface area contributed by atoms with Gasteiger partial charge in [0.15, 0.2) is 0 Å². The van der Waals surface area contributed by atoms with Crippen LogP contribution in [0.5, 0.6) is 5.75 Å². The Kier molecular flexibility index (Phi) is 6.89. The molecule has 3 aromatic carbocycles. The van der Waals surface area contributed by atoms with Crippen molar-refractivity contribution in [1.29, 1.82) is 0 Å². The molecule has 0 spiro atoms. The summed E-state index contributed by atoms with van der Waals surface area (Å²) < 4.78 is 5.53. The highest BCUT2D eigenvalue weighted by Crippen LogP contribution is 2.45. The van der Waals surface area contributed by atoms with E-state index < -0.39 is 17.7 Å². The van der Waals surface area contributed by atoms with Crippen LogP contribution in [0.4, 0.5) is 5.69 Å². The third kappa shape index (κ3) is 4.27. The number of carbonyl (C=O) groups excluding carboxylic acids is 2. The maximum atomic E-state index is 13.3. The zero-order valence-electron chi connectivity index (χ0n) is 18.3. The zero-order chi connectivity index (χ0) is 24.6. The van der Waals surface area contributed by atoms with Gasteiger partial charge >= 0.3 is 0 Å². The number of rotatable bonds is 5. The van der Waals surface area contributed by atoms with Crippen molar-refractivity contribution < 1.29 is 19.4 Å². The number of hydrogen-bond acceptors (Lipinski definition) is 4. The van der Waals surface area contributed by atoms with Crippen molar-refractivity contribution in [3.63, 3.8) is 0 Å². The van der Waals surface area contributed by atoms with Crippen molar-refractivity contribution in [1.82, 2.24) is 0 Å². The molecule has 0 aliphatic carbocycles. The van der Waals surface area contributed by atoms with Crippen LogP contribution in [0.15, 0.2) is 66.2 Å². The summed E-state index contributed by atoms with van der Waals surface area (Å²) in [4.78, 5) is 27.9. The third-order valence-electron chi connectivity index (χ3n) is 5.61. The largest absolute Gasteiger partial charge is 0.507 e. The maximum Gasteiger partial charge on any atom is 0.300 e. The average molecular weight is 517 g/mol. The average Bonchev–Trinajstić information content (AvgIpc) is 3.07. The minimum atomic E-state index is -0.912. The van der Waals surface area contributed by atoms with E-state index in [1.807, 2.05) is 32.0 Å². The van der Waals surface area contributed by atoms with Crippen LogP contribution in [0.2, 0.25) is 15.1 Å². The molecule has 34 heavy (non-hydrogen) atoms. The molecular weight excluding hydrogens is 497 g/mol. The molecule has 3 aromatic rings. The van der Waals surface area contributed by atoms with Crippen LogP contribution < -0.4 is 9.64 Å². The Morgan fingerprint density at radius 3 is 2.35 bits per heavy atom. The molecule has 0 aromatic heterocycles. The second-order valence-corrected chi connectivity index (χ2v) is 8.92. The lowest BCUT2D eigenvalue weighted by Crippen LogP contribution is -2.29. The molecule has 5 nitrogen and oxygen atoms in total. The van der Waals surface area contributed by atoms with Crippen LogP contribution in [0, 0.1) is 6.92 Å². The molecule has 0 radical (unpaired) electrons. The Morgan fingerprint density at radius 1 is 0.971 bits per heavy atom. The van der Waals surface area contributed by atoms with Gasteiger partial charge in [0.2, 0.25) is 0 Å². The number of halogens is 3. The number of aliphatic hydroxyl groups is 1. The minimum absolute atomic E-state index is 0.0825. The van der Waals surface area contributed by atoms with Crippen LogP contribution in [0.25, 0.3) is 5.76 Å². The van der Waals surface area contributed by atoms with Gasteiger partial charge in [-0.25, -0.2) is 0 Å². The van der Waals surface area contributed by atoms with Crippen molar-refractivity contribution in [2.24, 2.45) is 0 Å². The number of amides is 1. The van der Waals surface area contributed by atoms with Gasteiger partial charge in [0, 0.05) is 11.3 Å². The number of aliphatic hydroxyl groups excluding tert-OH is 1. The molecule has 1 aliphatic rings. The summed E-state index contributed by atoms with van der Waals surface area (Å²) in [5.41, 5.74) is 1.99. The number of ether oxygens (including phenoxy) is 1. The lowest BCUT2D eigenvalue weighted by Gasteiger charge is -2.27. The molecule has 1 amide bonds. The number of benzene rings is 3. The van der Waals surface area contributed by atoms with Crippen molar-refractivity contribution in [3.05, 3.63) is 98.0 Å². The monoisotopic (exact) mass is 515 g/mol. The Bertz CT molecular complexity index is 1340. The van der Waals surface area contributed by atoms with E-state index in [1.165, 1.54) is 11.0 Å². The zero-order valence-corrected chi connectivity index (χ0v) is 20.6. The molecule has 8 heteroatoms. The maximum absolute atomic E-state index is 13.3. The standard InChI is InChI=1S/C26H20Cl3NO4/c1-3-34-16-9-11-19(27)18(13-16)24(31)22-23(17-7-5-4-6-14(17)2)30(26(33)25(22)32)15-8-10-20(28)21(29)12-15/h4-13,23,31H,3H2,1-2H3/b24-22+. The van der Waals surface area contributed by atoms with Gasteiger partial charge in [-0.1, -0.05) is 59.1 Å². The molecule has 0 saturated carbocycles. The SMILES string of the molecule is CCOc1ccc(Cl)c(/C(O)=C2\C(=O)C(=O)N(c3ccc(Cl)c(Cl)c3)C2c2ccccc2C)c1. The number of ketones is 1. The number of nitrogens with zero attached hydrogens (tertiary/aromatic N) is 1. The Labute approximate surface area is 212 Å². The normalized spacial score (nSPS) is 17.3. The highest BCUT2D eigenvalue weighted by atomic mass is 35.5. The molecule has 1 saturated heterocycles. The predicted molar refractivity (Wildman–Crippen MR) is 135 cm³/mol. The molecule has 0 bridgehead atoms. The Hall–Kier alpha value is -2.99. The first-order valence-corrected chi connectivity index (χ1v) is 11.6. The fraction of sp³-hybridized carbons (Fsp3) is 0.154. The van der Waals surface area contributed by atoms with Gasteiger partial charge in [0.1, 0.15) is 11.5 Å². The van der Waals surface area contributed by atoms with Crippen molar-refractivity contribution >= 4 is 57.9 Å². The molecule has 1 atom stereocenters. The molecule has 1 aliphatic heterocycles. The molecule has 1 unspecified atom stereocenters. The molecular formula is C26H20Cl3NO4. The molecule has 174 valence electrons. The van der Waals surface area contributed by atoms with E-state index in [2.05, 4.69) is 0 Å². The first-order valence-electron chi connectivity index (χ1n) is 10.5. The lowest BCUT2D eigenvalue weighted by molar-refractivity contribution is -0.132. The summed E-state index contributed by atoms with van der Waals surface area (Å²) in [6.07, 6.45) is 0. The van der Waals surface area contributed by atoms with Crippen LogP contribution in [-0.4, -0.2) is 23.4 Å². The van der Waals surface area contributed by atoms with Crippen molar-refractivity contribution in [3.8, 4) is 5.75 Å². The van der Waals surface area contributed by atoms with Gasteiger partial charge in [-0.3, -0.25) is 14.5 Å². The van der Waals surface area contributed by atoms with E-state index in [1.54, 1.807) is 36.4 Å². The van der Waals surface area contributed by atoms with Crippen LogP contribution >= 0.6 is 34.8 Å². The number of aryl methyl sites for hydroxylation is 1. The first-order chi connectivity index (χ1) is 16.2. The van der Waals surface area contributed by atoms with Crippen LogP contribution in [0.1, 0.15) is 29.7 Å². The number of anilines is 1. The Balaban J connectivity index is 1.99. The fourth-order valence-electron chi connectivity index (χ4n) is 4.01. The topological polar surface area (TPSA) is 66.8 Å². The summed E-state index contributed by atoms with van der Waals surface area (Å²) in [7, 11) is 0. The number of carbonyl (C=O) groups is 2. The number of Topliss-reactive ketones (excluding diaryl/α,β-unsaturated/α-hetero) is 1. The molecule has 4 rings (SSSR count). The quantitative estimate of drug-likeness (QED) is 0.226. The summed E-state index contributed by atoms with van der Waals surface area (Å²) >= 11 is 18.7. The van der Waals surface area contributed by atoms with Gasteiger partial charge in [0.25, 0.3) is 11.7 Å². The summed E-state index contributed by atoms with van der Waals surface area (Å²) in [6.45, 7) is 4.11. The van der Waals surface area contributed by atoms with Gasteiger partial charge in [-0.15, -0.1) is 0 Å². The molecule has 1 N–H and O–H groups in total. The molecule has 1 heterocycles. The van der Waals surface area contributed by atoms with E-state index in [0.717, 1.165) is 5.56 Å². The first kappa shape index (κ1) is 24.1. The van der Waals surface area contributed by atoms with Gasteiger partial charge in [-0.05, 0) is 61.4 Å². The van der Waals surface area contributed by atoms with Crippen molar-refractivity contribution in [2.45, 2.75) is 19.9 Å². The highest BCUT2D eigenvalue weighted by Gasteiger charge is 2.47. The summed E-state index contributed by atoms with van der Waals surface area (Å²) in [5, 5.41) is 12.1. The van der Waals surface area contributed by atoms with E-state index >= 15 is 0 Å². The second kappa shape index (κ2) is 9.71.